The SMILES string of the molecule is C[Se]C1([C@@]2(O)CC[C@@]23CCCC32CCCC2)CCC1. The van der Waals surface area contributed by atoms with Gasteiger partial charge in [-0.3, -0.25) is 0 Å². The second-order valence-corrected chi connectivity index (χ2v) is 10.3. The molecule has 0 amide bonds. The molecule has 0 saturated heterocycles. The van der Waals surface area contributed by atoms with Gasteiger partial charge >= 0.3 is 124 Å². The summed E-state index contributed by atoms with van der Waals surface area (Å²) in [5.74, 6) is 2.40. The number of hydrogen-bond donors (Lipinski definition) is 1. The van der Waals surface area contributed by atoms with E-state index in [1.165, 1.54) is 70.6 Å². The summed E-state index contributed by atoms with van der Waals surface area (Å²) >= 11 is 0.621. The van der Waals surface area contributed by atoms with Gasteiger partial charge in [0.1, 0.15) is 0 Å². The van der Waals surface area contributed by atoms with Gasteiger partial charge in [0.15, 0.2) is 0 Å². The summed E-state index contributed by atoms with van der Waals surface area (Å²) in [5, 5.41) is 11.8. The van der Waals surface area contributed by atoms with Gasteiger partial charge in [-0.25, -0.2) is 0 Å². The van der Waals surface area contributed by atoms with Crippen molar-refractivity contribution in [1.29, 1.82) is 0 Å². The van der Waals surface area contributed by atoms with E-state index in [1.807, 2.05) is 0 Å². The molecule has 4 aliphatic rings. The van der Waals surface area contributed by atoms with Gasteiger partial charge in [0.25, 0.3) is 0 Å². The molecule has 4 aliphatic carbocycles. The third-order valence-electron chi connectivity index (χ3n) is 7.85. The maximum absolute atomic E-state index is 11.8. The van der Waals surface area contributed by atoms with Gasteiger partial charge in [-0.15, -0.1) is 0 Å². The molecule has 4 saturated carbocycles. The molecular formula is C17H28OSe. The summed E-state index contributed by atoms with van der Waals surface area (Å²) in [7, 11) is 0. The predicted octanol–water partition coefficient (Wildman–Crippen LogP) is 4.34. The molecule has 2 spiro atoms. The molecule has 0 heterocycles. The molecule has 19 heavy (non-hydrogen) atoms. The molecule has 0 aliphatic heterocycles. The molecule has 0 aromatic rings. The van der Waals surface area contributed by atoms with E-state index in [4.69, 9.17) is 0 Å². The Morgan fingerprint density at radius 1 is 0.737 bits per heavy atom. The van der Waals surface area contributed by atoms with E-state index in [0.717, 1.165) is 6.42 Å². The molecule has 108 valence electrons. The predicted molar refractivity (Wildman–Crippen MR) is 79.5 cm³/mol. The number of hydrogen-bond acceptors (Lipinski definition) is 1. The normalized spacial score (nSPS) is 46.4. The van der Waals surface area contributed by atoms with Crippen LogP contribution in [0.2, 0.25) is 10.1 Å². The second-order valence-electron chi connectivity index (χ2n) is 7.84. The third kappa shape index (κ3) is 1.29. The van der Waals surface area contributed by atoms with Crippen LogP contribution in [0, 0.1) is 10.8 Å². The number of fused-ring (bicyclic) bond motifs is 1. The van der Waals surface area contributed by atoms with E-state index >= 15 is 0 Å². The average molecular weight is 327 g/mol. The zero-order chi connectivity index (χ0) is 13.2. The molecule has 0 unspecified atom stereocenters. The van der Waals surface area contributed by atoms with Gasteiger partial charge in [0.2, 0.25) is 0 Å². The Balaban J connectivity index is 1.74. The Hall–Kier alpha value is 0.479. The van der Waals surface area contributed by atoms with Gasteiger partial charge in [0.05, 0.1) is 0 Å². The molecule has 1 N–H and O–H groups in total. The van der Waals surface area contributed by atoms with Crippen LogP contribution in [0.3, 0.4) is 0 Å². The standard InChI is InChI=1S/C17H28OSe/c1-19-16(10-5-11-16)17(18)13-12-15(17)9-4-8-14(15)6-2-3-7-14/h18H,2-13H2,1H3/t15-,17-/m1/s1. The minimum absolute atomic E-state index is 0.256. The first kappa shape index (κ1) is 13.2. The van der Waals surface area contributed by atoms with Crippen molar-refractivity contribution in [2.45, 2.75) is 92.8 Å². The Labute approximate surface area is 124 Å². The van der Waals surface area contributed by atoms with E-state index in [1.54, 1.807) is 0 Å². The van der Waals surface area contributed by atoms with Crippen LogP contribution in [0.1, 0.15) is 77.0 Å². The molecule has 0 radical (unpaired) electrons. The van der Waals surface area contributed by atoms with Crippen molar-refractivity contribution < 1.29 is 5.11 Å². The maximum atomic E-state index is 11.8. The second kappa shape index (κ2) is 4.02. The van der Waals surface area contributed by atoms with Crippen molar-refractivity contribution in [2.75, 3.05) is 0 Å². The molecule has 4 fully saturated rings. The van der Waals surface area contributed by atoms with E-state index < -0.39 is 0 Å². The van der Waals surface area contributed by atoms with Crippen molar-refractivity contribution >= 4 is 15.0 Å². The average Bonchev–Trinajstić information content (AvgIpc) is 2.97. The molecule has 0 bridgehead atoms. The van der Waals surface area contributed by atoms with Crippen molar-refractivity contribution in [1.82, 2.24) is 0 Å². The van der Waals surface area contributed by atoms with Crippen LogP contribution in [-0.4, -0.2) is 25.7 Å². The summed E-state index contributed by atoms with van der Waals surface area (Å²) in [6.45, 7) is 0. The summed E-state index contributed by atoms with van der Waals surface area (Å²) in [4.78, 5) is 0. The van der Waals surface area contributed by atoms with Gasteiger partial charge in [-0.2, -0.15) is 0 Å². The zero-order valence-electron chi connectivity index (χ0n) is 12.3. The number of rotatable bonds is 2. The molecule has 4 rings (SSSR count). The van der Waals surface area contributed by atoms with Crippen molar-refractivity contribution in [3.8, 4) is 0 Å². The van der Waals surface area contributed by atoms with E-state index in [0.29, 0.717) is 30.1 Å². The molecule has 2 atom stereocenters. The fraction of sp³-hybridized carbons (Fsp3) is 1.00. The topological polar surface area (TPSA) is 20.2 Å². The molecule has 0 aromatic carbocycles. The fourth-order valence-corrected chi connectivity index (χ4v) is 9.46. The van der Waals surface area contributed by atoms with Crippen molar-refractivity contribution in [3.63, 3.8) is 0 Å². The van der Waals surface area contributed by atoms with Crippen LogP contribution in [0.5, 0.6) is 0 Å². The van der Waals surface area contributed by atoms with Gasteiger partial charge in [0, 0.05) is 0 Å². The molecule has 0 aromatic heterocycles. The summed E-state index contributed by atoms with van der Waals surface area (Å²) < 4.78 is 0.373. The Morgan fingerprint density at radius 2 is 1.37 bits per heavy atom. The quantitative estimate of drug-likeness (QED) is 0.748. The van der Waals surface area contributed by atoms with Crippen LogP contribution >= 0.6 is 0 Å². The number of aliphatic hydroxyl groups is 1. The third-order valence-corrected chi connectivity index (χ3v) is 11.1. The van der Waals surface area contributed by atoms with Crippen LogP contribution in [0.15, 0.2) is 0 Å². The van der Waals surface area contributed by atoms with Crippen LogP contribution in [-0.2, 0) is 0 Å². The summed E-state index contributed by atoms with van der Waals surface area (Å²) in [6.07, 6.45) is 16.4. The van der Waals surface area contributed by atoms with E-state index in [2.05, 4.69) is 5.82 Å². The Bertz CT molecular complexity index is 372. The first-order chi connectivity index (χ1) is 9.14. The van der Waals surface area contributed by atoms with Gasteiger partial charge in [-0.1, -0.05) is 0 Å². The summed E-state index contributed by atoms with van der Waals surface area (Å²) in [5.41, 5.74) is 0.663. The molecule has 2 heteroatoms. The molecule has 1 nitrogen and oxygen atoms in total. The fourth-order valence-electron chi connectivity index (χ4n) is 6.66. The van der Waals surface area contributed by atoms with Crippen molar-refractivity contribution in [2.24, 2.45) is 10.8 Å². The van der Waals surface area contributed by atoms with Crippen LogP contribution < -0.4 is 0 Å². The van der Waals surface area contributed by atoms with E-state index in [9.17, 15) is 5.11 Å². The van der Waals surface area contributed by atoms with Crippen molar-refractivity contribution in [3.05, 3.63) is 0 Å². The van der Waals surface area contributed by atoms with Gasteiger partial charge in [-0.05, 0) is 0 Å². The summed E-state index contributed by atoms with van der Waals surface area (Å²) in [6, 6.07) is 0. The van der Waals surface area contributed by atoms with Crippen LogP contribution in [0.4, 0.5) is 0 Å². The Kier molecular flexibility index (Phi) is 2.78. The van der Waals surface area contributed by atoms with Gasteiger partial charge < -0.3 is 0 Å². The first-order valence-corrected chi connectivity index (χ1v) is 11.0. The van der Waals surface area contributed by atoms with E-state index in [-0.39, 0.29) is 5.60 Å². The first-order valence-electron chi connectivity index (χ1n) is 8.41. The zero-order valence-corrected chi connectivity index (χ0v) is 14.1. The minimum atomic E-state index is -0.256. The van der Waals surface area contributed by atoms with Crippen LogP contribution in [0.25, 0.3) is 0 Å². The Morgan fingerprint density at radius 3 is 1.84 bits per heavy atom. The molecular weight excluding hydrogens is 299 g/mol. The monoisotopic (exact) mass is 328 g/mol.